The summed E-state index contributed by atoms with van der Waals surface area (Å²) in [6.07, 6.45) is 4.71. The van der Waals surface area contributed by atoms with Crippen LogP contribution < -0.4 is 0 Å². The van der Waals surface area contributed by atoms with Crippen LogP contribution in [0.1, 0.15) is 108 Å². The minimum absolute atomic E-state index is 0.126. The van der Waals surface area contributed by atoms with E-state index < -0.39 is 83.4 Å². The molecule has 0 aromatic carbocycles. The second kappa shape index (κ2) is 19.3. The van der Waals surface area contributed by atoms with Gasteiger partial charge < -0.3 is 43.2 Å². The fourth-order valence-corrected chi connectivity index (χ4v) is 10.1. The highest BCUT2D eigenvalue weighted by Crippen LogP contribution is 2.45. The van der Waals surface area contributed by atoms with Crippen molar-refractivity contribution in [3.05, 3.63) is 37.1 Å². The number of rotatable bonds is 12. The molecule has 1 amide bonds. The van der Waals surface area contributed by atoms with E-state index in [4.69, 9.17) is 23.7 Å². The quantitative estimate of drug-likeness (QED) is 0.193. The fourth-order valence-electron chi connectivity index (χ4n) is 10.1. The van der Waals surface area contributed by atoms with Crippen LogP contribution in [0.4, 0.5) is 4.79 Å². The Labute approximate surface area is 362 Å². The van der Waals surface area contributed by atoms with Gasteiger partial charge in [-0.25, -0.2) is 9.78 Å². The summed E-state index contributed by atoms with van der Waals surface area (Å²) in [6.45, 7) is 18.7. The van der Waals surface area contributed by atoms with Crippen molar-refractivity contribution in [2.45, 2.75) is 167 Å². The standard InChI is InChI=1S/C46H71N5O10/c1-14-35-46(15-2)39(51(43(56)61-46)21-17-19-44(8,9)50-25-33(48-26-50)32-18-16-20-47-24-32)29(5)36(52)27(3)23-45(10,57-13)40(30(6)37(53)31(7)41(55)59-35)60-42-38(54)34(49(11)12)22-28(4)58-42/h16,18,20,24-31,34-35,38-40,42,54H,14-15,17,19,21-23H2,1-13H3/t27-,28-,29+,30+,31-,34+,35-,38-,39-,40-,42?,45+,46-/m1/s1. The van der Waals surface area contributed by atoms with Gasteiger partial charge in [-0.05, 0) is 99.4 Å². The van der Waals surface area contributed by atoms with E-state index in [0.29, 0.717) is 19.3 Å². The van der Waals surface area contributed by atoms with Crippen LogP contribution in [0.2, 0.25) is 0 Å². The van der Waals surface area contributed by atoms with Crippen LogP contribution in [0.15, 0.2) is 37.1 Å². The van der Waals surface area contributed by atoms with Crippen LogP contribution in [-0.2, 0) is 43.6 Å². The molecule has 3 saturated heterocycles. The summed E-state index contributed by atoms with van der Waals surface area (Å²) in [5, 5.41) is 11.5. The zero-order chi connectivity index (χ0) is 45.2. The molecule has 0 spiro atoms. The van der Waals surface area contributed by atoms with Gasteiger partial charge in [0.25, 0.3) is 0 Å². The number of fused-ring (bicyclic) bond motifs is 1. The molecule has 13 atom stereocenters. The summed E-state index contributed by atoms with van der Waals surface area (Å²) in [4.78, 5) is 70.1. The molecule has 5 rings (SSSR count). The molecule has 2 aromatic heterocycles. The van der Waals surface area contributed by atoms with Crippen LogP contribution in [-0.4, -0.2) is 135 Å². The summed E-state index contributed by atoms with van der Waals surface area (Å²) in [5.74, 6) is -4.97. The predicted molar refractivity (Wildman–Crippen MR) is 228 cm³/mol. The Morgan fingerprint density at radius 2 is 1.75 bits per heavy atom. The monoisotopic (exact) mass is 854 g/mol. The zero-order valence-corrected chi connectivity index (χ0v) is 38.6. The second-order valence-electron chi connectivity index (χ2n) is 18.8. The molecule has 3 aliphatic heterocycles. The van der Waals surface area contributed by atoms with Crippen LogP contribution in [0.25, 0.3) is 11.3 Å². The van der Waals surface area contributed by atoms with Crippen molar-refractivity contribution < 1.29 is 48.0 Å². The van der Waals surface area contributed by atoms with Crippen molar-refractivity contribution in [1.29, 1.82) is 0 Å². The molecule has 0 aliphatic carbocycles. The first-order valence-electron chi connectivity index (χ1n) is 22.1. The van der Waals surface area contributed by atoms with E-state index in [9.17, 15) is 24.3 Å². The third-order valence-corrected chi connectivity index (χ3v) is 13.9. The Kier molecular flexibility index (Phi) is 15.3. The van der Waals surface area contributed by atoms with Gasteiger partial charge in [-0.15, -0.1) is 0 Å². The van der Waals surface area contributed by atoms with Gasteiger partial charge in [-0.3, -0.25) is 19.4 Å². The molecule has 1 N–H and O–H groups in total. The van der Waals surface area contributed by atoms with Crippen LogP contribution in [0.3, 0.4) is 0 Å². The number of likely N-dealkylation sites (N-methyl/N-ethyl adjacent to an activating group) is 1. The van der Waals surface area contributed by atoms with Crippen molar-refractivity contribution in [3.8, 4) is 11.3 Å². The molecule has 61 heavy (non-hydrogen) atoms. The molecule has 3 aliphatic rings. The Morgan fingerprint density at radius 1 is 1.05 bits per heavy atom. The van der Waals surface area contributed by atoms with E-state index in [1.54, 1.807) is 37.5 Å². The smallest absolute Gasteiger partial charge is 0.410 e. The van der Waals surface area contributed by atoms with Gasteiger partial charge in [0.15, 0.2) is 17.7 Å². The molecule has 2 aromatic rings. The maximum absolute atomic E-state index is 14.9. The highest BCUT2D eigenvalue weighted by molar-refractivity contribution is 6.00. The van der Waals surface area contributed by atoms with Gasteiger partial charge in [-0.1, -0.05) is 34.6 Å². The third-order valence-electron chi connectivity index (χ3n) is 13.9. The molecule has 340 valence electrons. The number of Topliss-reactive ketones (excluding diaryl/α,β-unsaturated/α-hetero) is 2. The number of aliphatic hydroxyl groups is 1. The number of aliphatic hydroxyl groups excluding tert-OH is 1. The Hall–Kier alpha value is -3.76. The van der Waals surface area contributed by atoms with Crippen molar-refractivity contribution in [1.82, 2.24) is 24.3 Å². The SMILES string of the molecule is CC[C@H]1OC(=O)[C@H](C)C(=O)[C@H](C)[C@@H](OC2O[C@H](C)C[C@H](N(C)C)[C@H]2O)[C@@](C)(OC)C[C@@H](C)C(=O)[C@H](C)[C@H]2N(CCCC(C)(C)n3cnc(-c4cccnc4)c3)C(=O)O[C@]12CC. The molecule has 3 fully saturated rings. The Morgan fingerprint density at radius 3 is 2.36 bits per heavy atom. The Balaban J connectivity index is 1.48. The first kappa shape index (κ1) is 48.3. The largest absolute Gasteiger partial charge is 0.457 e. The van der Waals surface area contributed by atoms with Gasteiger partial charge in [0.1, 0.15) is 23.9 Å². The van der Waals surface area contributed by atoms with E-state index in [1.165, 1.54) is 14.0 Å². The maximum Gasteiger partial charge on any atom is 0.410 e. The number of esters is 1. The van der Waals surface area contributed by atoms with Crippen molar-refractivity contribution in [2.75, 3.05) is 27.7 Å². The first-order valence-corrected chi connectivity index (χ1v) is 22.1. The predicted octanol–water partition coefficient (Wildman–Crippen LogP) is 6.05. The number of ether oxygens (including phenoxy) is 5. The number of carbonyl (C=O) groups is 4. The topological polar surface area (TPSA) is 172 Å². The molecular formula is C46H71N5O10. The lowest BCUT2D eigenvalue weighted by Gasteiger charge is -2.47. The summed E-state index contributed by atoms with van der Waals surface area (Å²) in [7, 11) is 5.25. The number of amides is 1. The van der Waals surface area contributed by atoms with Gasteiger partial charge >= 0.3 is 12.1 Å². The molecule has 0 saturated carbocycles. The molecule has 15 nitrogen and oxygen atoms in total. The second-order valence-corrected chi connectivity index (χ2v) is 18.8. The number of aromatic nitrogens is 3. The molecule has 15 heteroatoms. The Bertz CT molecular complexity index is 1840. The zero-order valence-electron chi connectivity index (χ0n) is 38.6. The van der Waals surface area contributed by atoms with Crippen molar-refractivity contribution in [3.63, 3.8) is 0 Å². The number of carbonyl (C=O) groups excluding carboxylic acids is 4. The van der Waals surface area contributed by atoms with E-state index in [0.717, 1.165) is 11.3 Å². The normalized spacial score (nSPS) is 35.8. The van der Waals surface area contributed by atoms with Crippen LogP contribution in [0, 0.1) is 23.7 Å². The lowest BCUT2D eigenvalue weighted by molar-refractivity contribution is -0.295. The van der Waals surface area contributed by atoms with Gasteiger partial charge in [0.05, 0.1) is 35.9 Å². The molecule has 5 heterocycles. The molecule has 0 bridgehead atoms. The van der Waals surface area contributed by atoms with Crippen LogP contribution in [0.5, 0.6) is 0 Å². The number of pyridine rings is 1. The summed E-state index contributed by atoms with van der Waals surface area (Å²) >= 11 is 0. The van der Waals surface area contributed by atoms with Crippen molar-refractivity contribution >= 4 is 23.6 Å². The van der Waals surface area contributed by atoms with E-state index >= 15 is 0 Å². The van der Waals surface area contributed by atoms with Gasteiger partial charge in [0, 0.05) is 67.1 Å². The number of imidazole rings is 1. The lowest BCUT2D eigenvalue weighted by atomic mass is 9.72. The first-order chi connectivity index (χ1) is 28.7. The lowest BCUT2D eigenvalue weighted by Crippen LogP contribution is -2.61. The van der Waals surface area contributed by atoms with Gasteiger partial charge in [-0.2, -0.15) is 0 Å². The third kappa shape index (κ3) is 9.75. The fraction of sp³-hybridized carbons (Fsp3) is 0.739. The van der Waals surface area contributed by atoms with Crippen LogP contribution >= 0.6 is 0 Å². The van der Waals surface area contributed by atoms with Gasteiger partial charge in [0.2, 0.25) is 0 Å². The average molecular weight is 854 g/mol. The minimum atomic E-state index is -1.38. The number of hydrogen-bond donors (Lipinski definition) is 1. The number of methoxy groups -OCH3 is 1. The van der Waals surface area contributed by atoms with E-state index in [1.807, 2.05) is 71.9 Å². The van der Waals surface area contributed by atoms with E-state index in [-0.39, 0.29) is 49.3 Å². The van der Waals surface area contributed by atoms with Crippen molar-refractivity contribution in [2.24, 2.45) is 23.7 Å². The number of nitrogens with zero attached hydrogens (tertiary/aromatic N) is 5. The molecular weight excluding hydrogens is 783 g/mol. The van der Waals surface area contributed by atoms with E-state index in [2.05, 4.69) is 28.4 Å². The average Bonchev–Trinajstić information content (AvgIpc) is 3.85. The number of cyclic esters (lactones) is 1. The molecule has 1 unspecified atom stereocenters. The maximum atomic E-state index is 14.9. The summed E-state index contributed by atoms with van der Waals surface area (Å²) in [6, 6.07) is 2.75. The number of ketones is 2. The summed E-state index contributed by atoms with van der Waals surface area (Å²) in [5.41, 5.74) is -1.32. The highest BCUT2D eigenvalue weighted by Gasteiger charge is 2.62. The molecule has 0 radical (unpaired) electrons. The number of hydrogen-bond acceptors (Lipinski definition) is 13. The highest BCUT2D eigenvalue weighted by atomic mass is 16.7. The minimum Gasteiger partial charge on any atom is -0.457 e. The summed E-state index contributed by atoms with van der Waals surface area (Å²) < 4.78 is 33.7.